The molecule has 0 unspecified atom stereocenters. The number of nitrogens with zero attached hydrogens (tertiary/aromatic N) is 1. The zero-order valence-corrected chi connectivity index (χ0v) is 18.0. The molecule has 0 fully saturated rings. The van der Waals surface area contributed by atoms with Crippen molar-refractivity contribution in [2.45, 2.75) is 19.2 Å². The molecule has 1 atom stereocenters. The van der Waals surface area contributed by atoms with Crippen molar-refractivity contribution in [3.63, 3.8) is 0 Å². The summed E-state index contributed by atoms with van der Waals surface area (Å²) in [5.74, 6) is -0.488. The summed E-state index contributed by atoms with van der Waals surface area (Å²) in [7, 11) is 0. The number of carbonyl (C=O) groups is 2. The lowest BCUT2D eigenvalue weighted by atomic mass is 10.2. The third-order valence-electron chi connectivity index (χ3n) is 4.56. The Morgan fingerprint density at radius 3 is 1.89 bits per heavy atom. The second-order valence-corrected chi connectivity index (χ2v) is 7.10. The van der Waals surface area contributed by atoms with E-state index in [2.05, 4.69) is 10.9 Å². The van der Waals surface area contributed by atoms with Gasteiger partial charge < -0.3 is 9.47 Å². The molecule has 0 aliphatic heterocycles. The largest absolute Gasteiger partial charge is 0.481 e. The minimum Gasteiger partial charge on any atom is -0.481 e. The minimum atomic E-state index is -4.44. The molecule has 2 amide bonds. The summed E-state index contributed by atoms with van der Waals surface area (Å²) in [6.45, 7) is 1.44. The zero-order chi connectivity index (χ0) is 25.6. The quantitative estimate of drug-likeness (QED) is 0.369. The number of carbonyl (C=O) groups excluding carboxylic acids is 2. The van der Waals surface area contributed by atoms with Gasteiger partial charge in [0.25, 0.3) is 17.5 Å². The molecule has 35 heavy (non-hydrogen) atoms. The average Bonchev–Trinajstić information content (AvgIpc) is 2.83. The molecule has 9 nitrogen and oxygen atoms in total. The maximum atomic E-state index is 12.6. The van der Waals surface area contributed by atoms with Crippen molar-refractivity contribution in [2.75, 3.05) is 0 Å². The van der Waals surface area contributed by atoms with Crippen LogP contribution in [0.15, 0.2) is 72.8 Å². The number of rotatable bonds is 7. The third kappa shape index (κ3) is 6.93. The molecule has 3 aromatic carbocycles. The van der Waals surface area contributed by atoms with E-state index in [1.165, 1.54) is 55.5 Å². The summed E-state index contributed by atoms with van der Waals surface area (Å²) in [4.78, 5) is 34.3. The first-order valence-corrected chi connectivity index (χ1v) is 9.99. The maximum absolute atomic E-state index is 12.6. The maximum Gasteiger partial charge on any atom is 0.416 e. The van der Waals surface area contributed by atoms with Crippen LogP contribution in [0, 0.1) is 10.1 Å². The van der Waals surface area contributed by atoms with Crippen LogP contribution in [0.4, 0.5) is 18.9 Å². The Kier molecular flexibility index (Phi) is 7.54. The molecule has 0 aromatic heterocycles. The van der Waals surface area contributed by atoms with E-state index in [-0.39, 0.29) is 17.0 Å². The SMILES string of the molecule is C[C@H](Oc1ccc(Oc2ccc(C(F)(F)F)cc2)cc1)C(=O)NNC(=O)c1ccc([N+](=O)[O-])cc1. The lowest BCUT2D eigenvalue weighted by Crippen LogP contribution is -2.47. The van der Waals surface area contributed by atoms with Gasteiger partial charge in [-0.05, 0) is 67.6 Å². The molecular formula is C23H18F3N3O6. The summed E-state index contributed by atoms with van der Waals surface area (Å²) in [5, 5.41) is 10.7. The molecular weight excluding hydrogens is 471 g/mol. The van der Waals surface area contributed by atoms with Crippen molar-refractivity contribution < 1.29 is 37.2 Å². The van der Waals surface area contributed by atoms with Gasteiger partial charge in [-0.3, -0.25) is 30.6 Å². The first-order chi connectivity index (χ1) is 16.5. The molecule has 0 spiro atoms. The molecule has 0 saturated heterocycles. The van der Waals surface area contributed by atoms with E-state index < -0.39 is 34.6 Å². The topological polar surface area (TPSA) is 120 Å². The Bertz CT molecular complexity index is 1200. The highest BCUT2D eigenvalue weighted by molar-refractivity contribution is 5.95. The van der Waals surface area contributed by atoms with Gasteiger partial charge in [0.05, 0.1) is 10.5 Å². The Morgan fingerprint density at radius 1 is 0.857 bits per heavy atom. The minimum absolute atomic E-state index is 0.105. The van der Waals surface area contributed by atoms with Gasteiger partial charge in [-0.15, -0.1) is 0 Å². The van der Waals surface area contributed by atoms with Gasteiger partial charge in [-0.1, -0.05) is 0 Å². The van der Waals surface area contributed by atoms with Crippen LogP contribution in [0.2, 0.25) is 0 Å². The van der Waals surface area contributed by atoms with Crippen molar-refractivity contribution in [2.24, 2.45) is 0 Å². The lowest BCUT2D eigenvalue weighted by Gasteiger charge is -2.15. The number of benzene rings is 3. The normalized spacial score (nSPS) is 11.8. The molecule has 3 aromatic rings. The number of hydrogen-bond donors (Lipinski definition) is 2. The smallest absolute Gasteiger partial charge is 0.416 e. The lowest BCUT2D eigenvalue weighted by molar-refractivity contribution is -0.384. The fourth-order valence-electron chi connectivity index (χ4n) is 2.72. The fourth-order valence-corrected chi connectivity index (χ4v) is 2.72. The van der Waals surface area contributed by atoms with Crippen molar-refractivity contribution in [1.29, 1.82) is 0 Å². The number of ether oxygens (including phenoxy) is 2. The van der Waals surface area contributed by atoms with Gasteiger partial charge in [0.15, 0.2) is 6.10 Å². The average molecular weight is 489 g/mol. The highest BCUT2D eigenvalue weighted by Gasteiger charge is 2.30. The van der Waals surface area contributed by atoms with E-state index in [9.17, 15) is 32.9 Å². The van der Waals surface area contributed by atoms with Crippen LogP contribution < -0.4 is 20.3 Å². The van der Waals surface area contributed by atoms with Crippen LogP contribution in [0.1, 0.15) is 22.8 Å². The summed E-state index contributed by atoms with van der Waals surface area (Å²) in [6.07, 6.45) is -5.44. The van der Waals surface area contributed by atoms with Crippen molar-refractivity contribution in [1.82, 2.24) is 10.9 Å². The van der Waals surface area contributed by atoms with Crippen molar-refractivity contribution in [3.8, 4) is 17.2 Å². The number of non-ortho nitro benzene ring substituents is 1. The first-order valence-electron chi connectivity index (χ1n) is 9.99. The van der Waals surface area contributed by atoms with Crippen LogP contribution in [-0.2, 0) is 11.0 Å². The number of halogens is 3. The van der Waals surface area contributed by atoms with E-state index in [0.29, 0.717) is 11.5 Å². The van der Waals surface area contributed by atoms with Crippen LogP contribution in [-0.4, -0.2) is 22.8 Å². The number of alkyl halides is 3. The predicted octanol–water partition coefficient (Wildman–Crippen LogP) is 4.63. The molecule has 0 radical (unpaired) electrons. The molecule has 0 bridgehead atoms. The van der Waals surface area contributed by atoms with Crippen molar-refractivity contribution in [3.05, 3.63) is 94.0 Å². The van der Waals surface area contributed by atoms with Crippen LogP contribution >= 0.6 is 0 Å². The highest BCUT2D eigenvalue weighted by atomic mass is 19.4. The van der Waals surface area contributed by atoms with Gasteiger partial charge in [-0.25, -0.2) is 0 Å². The van der Waals surface area contributed by atoms with Crippen LogP contribution in [0.3, 0.4) is 0 Å². The van der Waals surface area contributed by atoms with Gasteiger partial charge in [0.2, 0.25) is 0 Å². The summed E-state index contributed by atoms with van der Waals surface area (Å²) in [5.41, 5.74) is 3.52. The van der Waals surface area contributed by atoms with E-state index in [1.807, 2.05) is 0 Å². The fraction of sp³-hybridized carbons (Fsp3) is 0.130. The van der Waals surface area contributed by atoms with E-state index in [1.54, 1.807) is 0 Å². The second kappa shape index (κ2) is 10.5. The van der Waals surface area contributed by atoms with Gasteiger partial charge >= 0.3 is 6.18 Å². The molecule has 182 valence electrons. The molecule has 0 aliphatic carbocycles. The van der Waals surface area contributed by atoms with E-state index >= 15 is 0 Å². The Balaban J connectivity index is 1.49. The molecule has 0 saturated carbocycles. The summed E-state index contributed by atoms with van der Waals surface area (Å²) in [6, 6.07) is 15.0. The number of amides is 2. The zero-order valence-electron chi connectivity index (χ0n) is 18.0. The first kappa shape index (κ1) is 25.0. The number of nitro benzene ring substituents is 1. The number of nitro groups is 1. The number of hydrogen-bond acceptors (Lipinski definition) is 6. The number of hydrazine groups is 1. The Labute approximate surface area is 196 Å². The third-order valence-corrected chi connectivity index (χ3v) is 4.56. The molecule has 0 aliphatic rings. The second-order valence-electron chi connectivity index (χ2n) is 7.10. The predicted molar refractivity (Wildman–Crippen MR) is 117 cm³/mol. The van der Waals surface area contributed by atoms with Crippen LogP contribution in [0.5, 0.6) is 17.2 Å². The standard InChI is InChI=1S/C23H18F3N3O6/c1-14(21(30)27-28-22(31)15-2-6-17(7-3-15)29(32)33)34-18-10-12-20(13-11-18)35-19-8-4-16(5-9-19)23(24,25)26/h2-14H,1H3,(H,27,30)(H,28,31)/t14-/m0/s1. The monoisotopic (exact) mass is 489 g/mol. The van der Waals surface area contributed by atoms with Gasteiger partial charge in [0.1, 0.15) is 17.2 Å². The molecule has 3 rings (SSSR count). The van der Waals surface area contributed by atoms with E-state index in [0.717, 1.165) is 24.3 Å². The van der Waals surface area contributed by atoms with Gasteiger partial charge in [-0.2, -0.15) is 13.2 Å². The Hall–Kier alpha value is -4.61. The summed E-state index contributed by atoms with van der Waals surface area (Å²) < 4.78 is 48.9. The molecule has 2 N–H and O–H groups in total. The molecule has 12 heteroatoms. The van der Waals surface area contributed by atoms with E-state index in [4.69, 9.17) is 9.47 Å². The van der Waals surface area contributed by atoms with Crippen LogP contribution in [0.25, 0.3) is 0 Å². The van der Waals surface area contributed by atoms with Crippen molar-refractivity contribution >= 4 is 17.5 Å². The highest BCUT2D eigenvalue weighted by Crippen LogP contribution is 2.31. The molecule has 0 heterocycles. The summed E-state index contributed by atoms with van der Waals surface area (Å²) >= 11 is 0. The van der Waals surface area contributed by atoms with Gasteiger partial charge in [0, 0.05) is 17.7 Å². The Morgan fingerprint density at radius 2 is 1.37 bits per heavy atom. The number of nitrogens with one attached hydrogen (secondary N) is 2.